The second-order valence-electron chi connectivity index (χ2n) is 4.89. The highest BCUT2D eigenvalue weighted by molar-refractivity contribution is 6.31. The van der Waals surface area contributed by atoms with Gasteiger partial charge >= 0.3 is 0 Å². The Morgan fingerprint density at radius 2 is 1.87 bits per heavy atom. The first-order valence-electron chi connectivity index (χ1n) is 6.86. The summed E-state index contributed by atoms with van der Waals surface area (Å²) in [7, 11) is 0. The van der Waals surface area contributed by atoms with E-state index in [4.69, 9.17) is 11.6 Å². The molecule has 0 amide bonds. The van der Waals surface area contributed by atoms with Crippen molar-refractivity contribution < 1.29 is 4.39 Å². The van der Waals surface area contributed by atoms with Crippen molar-refractivity contribution in [2.45, 2.75) is 6.92 Å². The second kappa shape index (κ2) is 6.58. The van der Waals surface area contributed by atoms with E-state index in [0.717, 1.165) is 11.3 Å². The van der Waals surface area contributed by atoms with Crippen LogP contribution in [-0.4, -0.2) is 15.2 Å². The molecule has 0 atom stereocenters. The summed E-state index contributed by atoms with van der Waals surface area (Å²) < 4.78 is 13.2. The largest absolute Gasteiger partial charge is 0.339 e. The van der Waals surface area contributed by atoms with Crippen molar-refractivity contribution in [3.8, 4) is 0 Å². The van der Waals surface area contributed by atoms with E-state index in [1.54, 1.807) is 18.2 Å². The Bertz CT molecular complexity index is 840. The van der Waals surface area contributed by atoms with Gasteiger partial charge in [-0.1, -0.05) is 23.7 Å². The molecule has 0 saturated heterocycles. The highest BCUT2D eigenvalue weighted by Gasteiger charge is 2.04. The van der Waals surface area contributed by atoms with Crippen LogP contribution in [0.15, 0.2) is 48.7 Å². The Hall–Kier alpha value is -2.73. The normalized spacial score (nSPS) is 10.4. The molecular formula is C16H13ClFN5. The summed E-state index contributed by atoms with van der Waals surface area (Å²) in [5, 5.41) is 14.4. The molecular weight excluding hydrogens is 317 g/mol. The zero-order chi connectivity index (χ0) is 16.2. The number of halogens is 2. The summed E-state index contributed by atoms with van der Waals surface area (Å²) in [6.45, 7) is 1.92. The van der Waals surface area contributed by atoms with Gasteiger partial charge in [0, 0.05) is 16.4 Å². The van der Waals surface area contributed by atoms with E-state index < -0.39 is 0 Å². The van der Waals surface area contributed by atoms with E-state index in [0.29, 0.717) is 22.5 Å². The lowest BCUT2D eigenvalue weighted by atomic mass is 10.2. The van der Waals surface area contributed by atoms with Crippen LogP contribution in [0.2, 0.25) is 5.02 Å². The van der Waals surface area contributed by atoms with Crippen LogP contribution >= 0.6 is 11.6 Å². The van der Waals surface area contributed by atoms with Gasteiger partial charge in [0.2, 0.25) is 5.95 Å². The lowest BCUT2D eigenvalue weighted by Crippen LogP contribution is -2.02. The van der Waals surface area contributed by atoms with Crippen LogP contribution in [0.5, 0.6) is 0 Å². The third-order valence-corrected chi connectivity index (χ3v) is 3.49. The van der Waals surface area contributed by atoms with Gasteiger partial charge in [0.05, 0.1) is 6.20 Å². The standard InChI is InChI=1S/C16H13ClFN5/c1-10-5-6-13(8-14(10)17)21-16-22-15(9-19-23-16)20-12-4-2-3-11(18)7-12/h2-9H,1H3,(H2,20,21,22,23). The number of nitrogens with zero attached hydrogens (tertiary/aromatic N) is 3. The molecule has 3 rings (SSSR count). The third-order valence-electron chi connectivity index (χ3n) is 3.08. The fraction of sp³-hybridized carbons (Fsp3) is 0.0625. The number of aromatic nitrogens is 3. The first-order valence-corrected chi connectivity index (χ1v) is 7.23. The Morgan fingerprint density at radius 1 is 1.04 bits per heavy atom. The minimum absolute atomic E-state index is 0.311. The highest BCUT2D eigenvalue weighted by Crippen LogP contribution is 2.22. The zero-order valence-corrected chi connectivity index (χ0v) is 13.0. The van der Waals surface area contributed by atoms with Crippen LogP contribution in [0.1, 0.15) is 5.56 Å². The maximum atomic E-state index is 13.2. The summed E-state index contributed by atoms with van der Waals surface area (Å²) in [6.07, 6.45) is 1.46. The fourth-order valence-corrected chi connectivity index (χ4v) is 2.11. The first-order chi connectivity index (χ1) is 11.1. The minimum atomic E-state index is -0.329. The van der Waals surface area contributed by atoms with Crippen LogP contribution in [0.25, 0.3) is 0 Å². The monoisotopic (exact) mass is 329 g/mol. The number of anilines is 4. The molecule has 3 aromatic rings. The quantitative estimate of drug-likeness (QED) is 0.740. The van der Waals surface area contributed by atoms with Crippen molar-refractivity contribution in [2.24, 2.45) is 0 Å². The van der Waals surface area contributed by atoms with E-state index in [-0.39, 0.29) is 5.82 Å². The predicted molar refractivity (Wildman–Crippen MR) is 89.0 cm³/mol. The van der Waals surface area contributed by atoms with Gasteiger partial charge in [0.25, 0.3) is 0 Å². The summed E-state index contributed by atoms with van der Waals surface area (Å²) in [6, 6.07) is 11.6. The van der Waals surface area contributed by atoms with E-state index in [1.165, 1.54) is 18.3 Å². The maximum absolute atomic E-state index is 13.2. The van der Waals surface area contributed by atoms with Crippen molar-refractivity contribution in [1.82, 2.24) is 15.2 Å². The van der Waals surface area contributed by atoms with Gasteiger partial charge in [-0.3, -0.25) is 0 Å². The molecule has 0 spiro atoms. The van der Waals surface area contributed by atoms with Crippen molar-refractivity contribution in [2.75, 3.05) is 10.6 Å². The Balaban J connectivity index is 1.78. The molecule has 7 heteroatoms. The minimum Gasteiger partial charge on any atom is -0.339 e. The van der Waals surface area contributed by atoms with E-state index >= 15 is 0 Å². The van der Waals surface area contributed by atoms with E-state index in [9.17, 15) is 4.39 Å². The van der Waals surface area contributed by atoms with E-state index in [1.807, 2.05) is 19.1 Å². The molecule has 116 valence electrons. The fourth-order valence-electron chi connectivity index (χ4n) is 1.93. The smallest absolute Gasteiger partial charge is 0.249 e. The van der Waals surface area contributed by atoms with Gasteiger partial charge in [-0.05, 0) is 42.8 Å². The molecule has 0 radical (unpaired) electrons. The third kappa shape index (κ3) is 3.92. The number of nitrogens with one attached hydrogen (secondary N) is 2. The lowest BCUT2D eigenvalue weighted by Gasteiger charge is -2.08. The molecule has 2 aromatic carbocycles. The topological polar surface area (TPSA) is 62.7 Å². The van der Waals surface area contributed by atoms with Gasteiger partial charge in [-0.25, -0.2) is 4.39 Å². The highest BCUT2D eigenvalue weighted by atomic mass is 35.5. The van der Waals surface area contributed by atoms with Gasteiger partial charge in [-0.2, -0.15) is 10.1 Å². The van der Waals surface area contributed by atoms with Crippen molar-refractivity contribution in [3.63, 3.8) is 0 Å². The summed E-state index contributed by atoms with van der Waals surface area (Å²) in [5.74, 6) is 0.433. The number of hydrogen-bond acceptors (Lipinski definition) is 5. The molecule has 5 nitrogen and oxygen atoms in total. The van der Waals surface area contributed by atoms with E-state index in [2.05, 4.69) is 25.8 Å². The molecule has 0 aliphatic heterocycles. The molecule has 1 aromatic heterocycles. The van der Waals surface area contributed by atoms with Crippen molar-refractivity contribution >= 4 is 34.7 Å². The molecule has 0 saturated carbocycles. The summed E-state index contributed by atoms with van der Waals surface area (Å²) in [5.41, 5.74) is 2.32. The first kappa shape index (κ1) is 15.2. The van der Waals surface area contributed by atoms with Crippen LogP contribution in [-0.2, 0) is 0 Å². The predicted octanol–water partition coefficient (Wildman–Crippen LogP) is 4.46. The zero-order valence-electron chi connectivity index (χ0n) is 12.2. The van der Waals surface area contributed by atoms with Gasteiger partial charge in [-0.15, -0.1) is 5.10 Å². The van der Waals surface area contributed by atoms with Gasteiger partial charge in [0.1, 0.15) is 5.82 Å². The lowest BCUT2D eigenvalue weighted by molar-refractivity contribution is 0.628. The van der Waals surface area contributed by atoms with Gasteiger partial charge < -0.3 is 10.6 Å². The van der Waals surface area contributed by atoms with Crippen molar-refractivity contribution in [3.05, 3.63) is 65.1 Å². The molecule has 23 heavy (non-hydrogen) atoms. The second-order valence-corrected chi connectivity index (χ2v) is 5.30. The molecule has 0 fully saturated rings. The summed E-state index contributed by atoms with van der Waals surface area (Å²) in [4.78, 5) is 4.28. The van der Waals surface area contributed by atoms with Crippen LogP contribution < -0.4 is 10.6 Å². The number of rotatable bonds is 4. The SMILES string of the molecule is Cc1ccc(Nc2nncc(Nc3cccc(F)c3)n2)cc1Cl. The number of hydrogen-bond donors (Lipinski definition) is 2. The van der Waals surface area contributed by atoms with Gasteiger partial charge in [0.15, 0.2) is 5.82 Å². The van der Waals surface area contributed by atoms with Crippen molar-refractivity contribution in [1.29, 1.82) is 0 Å². The molecule has 0 unspecified atom stereocenters. The maximum Gasteiger partial charge on any atom is 0.249 e. The summed E-state index contributed by atoms with van der Waals surface area (Å²) >= 11 is 6.09. The van der Waals surface area contributed by atoms with Crippen LogP contribution in [0.3, 0.4) is 0 Å². The average molecular weight is 330 g/mol. The average Bonchev–Trinajstić information content (AvgIpc) is 2.51. The molecule has 0 bridgehead atoms. The Kier molecular flexibility index (Phi) is 4.34. The Morgan fingerprint density at radius 3 is 2.65 bits per heavy atom. The molecule has 0 aliphatic rings. The molecule has 0 aliphatic carbocycles. The van der Waals surface area contributed by atoms with Crippen LogP contribution in [0, 0.1) is 12.7 Å². The number of benzene rings is 2. The molecule has 2 N–H and O–H groups in total. The van der Waals surface area contributed by atoms with Crippen LogP contribution in [0.4, 0.5) is 27.5 Å². The Labute approximate surface area is 137 Å². The molecule has 1 heterocycles. The number of aryl methyl sites for hydroxylation is 1.